The van der Waals surface area contributed by atoms with Gasteiger partial charge in [0, 0.05) is 0 Å². The van der Waals surface area contributed by atoms with Crippen molar-refractivity contribution in [2.75, 3.05) is 14.2 Å². The topological polar surface area (TPSA) is 64.6 Å². The summed E-state index contributed by atoms with van der Waals surface area (Å²) in [7, 11) is 2.68. The molecule has 5 heteroatoms. The summed E-state index contributed by atoms with van der Waals surface area (Å²) in [5.41, 5.74) is 0. The number of esters is 2. The molecule has 0 spiro atoms. The first-order valence-corrected chi connectivity index (χ1v) is 4.60. The van der Waals surface area contributed by atoms with Gasteiger partial charge in [-0.3, -0.25) is 14.9 Å². The molecule has 0 radical (unpaired) electrons. The van der Waals surface area contributed by atoms with E-state index in [-0.39, 0.29) is 24.0 Å². The van der Waals surface area contributed by atoms with Crippen LogP contribution < -0.4 is 5.32 Å². The van der Waals surface area contributed by atoms with Crippen molar-refractivity contribution in [3.05, 3.63) is 0 Å². The minimum absolute atomic E-state index is 0.321. The quantitative estimate of drug-likeness (QED) is 0.629. The molecule has 1 aliphatic heterocycles. The van der Waals surface area contributed by atoms with Crippen LogP contribution in [0.5, 0.6) is 0 Å². The predicted octanol–water partition coefficient (Wildman–Crippen LogP) is -0.157. The third-order valence-corrected chi connectivity index (χ3v) is 2.36. The van der Waals surface area contributed by atoms with Gasteiger partial charge < -0.3 is 9.47 Å². The van der Waals surface area contributed by atoms with Crippen molar-refractivity contribution in [2.45, 2.75) is 31.3 Å². The summed E-state index contributed by atoms with van der Waals surface area (Å²) in [5, 5.41) is 2.91. The minimum Gasteiger partial charge on any atom is -0.468 e. The maximum absolute atomic E-state index is 11.2. The van der Waals surface area contributed by atoms with Crippen LogP contribution in [0.4, 0.5) is 0 Å². The second-order valence-corrected chi connectivity index (χ2v) is 3.25. The standard InChI is InChI=1S/C9H15NO4/c1-13-8(11)6-4-3-5-7(10-6)9(12)14-2/h6-7,10H,3-5H2,1-2H3. The van der Waals surface area contributed by atoms with E-state index in [0.29, 0.717) is 12.8 Å². The van der Waals surface area contributed by atoms with Crippen molar-refractivity contribution >= 4 is 11.9 Å². The highest BCUT2D eigenvalue weighted by Gasteiger charge is 2.31. The lowest BCUT2D eigenvalue weighted by Gasteiger charge is -2.27. The molecule has 1 N–H and O–H groups in total. The van der Waals surface area contributed by atoms with Gasteiger partial charge in [-0.15, -0.1) is 0 Å². The number of carbonyl (C=O) groups is 2. The van der Waals surface area contributed by atoms with Crippen LogP contribution in [0.1, 0.15) is 19.3 Å². The second-order valence-electron chi connectivity index (χ2n) is 3.25. The van der Waals surface area contributed by atoms with Gasteiger partial charge in [-0.1, -0.05) is 0 Å². The molecule has 0 aliphatic carbocycles. The molecule has 0 aromatic carbocycles. The van der Waals surface area contributed by atoms with Gasteiger partial charge in [-0.2, -0.15) is 0 Å². The predicted molar refractivity (Wildman–Crippen MR) is 48.6 cm³/mol. The Bertz CT molecular complexity index is 207. The van der Waals surface area contributed by atoms with Crippen molar-refractivity contribution in [3.63, 3.8) is 0 Å². The van der Waals surface area contributed by atoms with Crippen molar-refractivity contribution in [1.82, 2.24) is 5.32 Å². The normalized spacial score (nSPS) is 26.7. The number of methoxy groups -OCH3 is 2. The third kappa shape index (κ3) is 2.45. The molecule has 1 aliphatic rings. The molecule has 0 amide bonds. The lowest BCUT2D eigenvalue weighted by molar-refractivity contribution is -0.148. The summed E-state index contributed by atoms with van der Waals surface area (Å²) < 4.78 is 9.20. The van der Waals surface area contributed by atoms with E-state index in [1.54, 1.807) is 0 Å². The summed E-state index contributed by atoms with van der Waals surface area (Å²) in [6.45, 7) is 0. The number of hydrogen-bond donors (Lipinski definition) is 1. The molecule has 0 aromatic rings. The largest absolute Gasteiger partial charge is 0.468 e. The second kappa shape index (κ2) is 4.95. The van der Waals surface area contributed by atoms with Crippen LogP contribution in [-0.2, 0) is 19.1 Å². The fraction of sp³-hybridized carbons (Fsp3) is 0.778. The van der Waals surface area contributed by atoms with E-state index >= 15 is 0 Å². The number of rotatable bonds is 2. The minimum atomic E-state index is -0.377. The molecular formula is C9H15NO4. The van der Waals surface area contributed by atoms with E-state index in [1.807, 2.05) is 0 Å². The first kappa shape index (κ1) is 11.0. The molecular weight excluding hydrogens is 186 g/mol. The Morgan fingerprint density at radius 3 is 1.86 bits per heavy atom. The van der Waals surface area contributed by atoms with Crippen LogP contribution in [0.25, 0.3) is 0 Å². The summed E-state index contributed by atoms with van der Waals surface area (Å²) in [4.78, 5) is 22.4. The zero-order valence-electron chi connectivity index (χ0n) is 8.41. The Balaban J connectivity index is 2.51. The number of ether oxygens (including phenoxy) is 2. The summed E-state index contributed by atoms with van der Waals surface area (Å²) >= 11 is 0. The van der Waals surface area contributed by atoms with Crippen molar-refractivity contribution in [2.24, 2.45) is 0 Å². The number of carbonyl (C=O) groups excluding carboxylic acids is 2. The smallest absolute Gasteiger partial charge is 0.322 e. The Labute approximate surface area is 82.8 Å². The average molecular weight is 201 g/mol. The first-order chi connectivity index (χ1) is 6.69. The molecule has 2 unspecified atom stereocenters. The Hall–Kier alpha value is -1.10. The molecule has 2 atom stereocenters. The van der Waals surface area contributed by atoms with Gasteiger partial charge in [0.2, 0.25) is 0 Å². The third-order valence-electron chi connectivity index (χ3n) is 2.36. The van der Waals surface area contributed by atoms with Gasteiger partial charge in [0.1, 0.15) is 12.1 Å². The monoisotopic (exact) mass is 201 g/mol. The molecule has 0 aromatic heterocycles. The maximum Gasteiger partial charge on any atom is 0.322 e. The molecule has 1 fully saturated rings. The van der Waals surface area contributed by atoms with Crippen LogP contribution in [0, 0.1) is 0 Å². The average Bonchev–Trinajstić information content (AvgIpc) is 2.27. The summed E-state index contributed by atoms with van der Waals surface area (Å²) in [6, 6.07) is -0.754. The number of piperidine rings is 1. The van der Waals surface area contributed by atoms with Crippen LogP contribution in [0.2, 0.25) is 0 Å². The van der Waals surface area contributed by atoms with E-state index in [2.05, 4.69) is 14.8 Å². The van der Waals surface area contributed by atoms with Gasteiger partial charge in [0.05, 0.1) is 14.2 Å². The maximum atomic E-state index is 11.2. The van der Waals surface area contributed by atoms with Crippen LogP contribution >= 0.6 is 0 Å². The Kier molecular flexibility index (Phi) is 3.88. The van der Waals surface area contributed by atoms with Gasteiger partial charge in [0.15, 0.2) is 0 Å². The lowest BCUT2D eigenvalue weighted by atomic mass is 9.99. The molecule has 1 rings (SSSR count). The highest BCUT2D eigenvalue weighted by molar-refractivity contribution is 5.80. The molecule has 0 bridgehead atoms. The summed E-state index contributed by atoms with van der Waals surface area (Å²) in [5.74, 6) is -0.641. The van der Waals surface area contributed by atoms with Gasteiger partial charge >= 0.3 is 11.9 Å². The molecule has 0 saturated carbocycles. The lowest BCUT2D eigenvalue weighted by Crippen LogP contribution is -2.50. The van der Waals surface area contributed by atoms with Gasteiger partial charge in [-0.25, -0.2) is 0 Å². The molecule has 14 heavy (non-hydrogen) atoms. The first-order valence-electron chi connectivity index (χ1n) is 4.60. The fourth-order valence-electron chi connectivity index (χ4n) is 1.59. The zero-order chi connectivity index (χ0) is 10.6. The van der Waals surface area contributed by atoms with Gasteiger partial charge in [0.25, 0.3) is 0 Å². The van der Waals surface area contributed by atoms with Crippen molar-refractivity contribution in [3.8, 4) is 0 Å². The van der Waals surface area contributed by atoms with E-state index in [4.69, 9.17) is 0 Å². The molecule has 5 nitrogen and oxygen atoms in total. The number of hydrogen-bond acceptors (Lipinski definition) is 5. The molecule has 80 valence electrons. The molecule has 1 saturated heterocycles. The van der Waals surface area contributed by atoms with E-state index in [1.165, 1.54) is 14.2 Å². The Morgan fingerprint density at radius 1 is 1.07 bits per heavy atom. The SMILES string of the molecule is COC(=O)C1CCCC(C(=O)OC)N1. The zero-order valence-corrected chi connectivity index (χ0v) is 8.41. The van der Waals surface area contributed by atoms with E-state index < -0.39 is 0 Å². The van der Waals surface area contributed by atoms with E-state index in [9.17, 15) is 9.59 Å². The molecule has 1 heterocycles. The van der Waals surface area contributed by atoms with Crippen LogP contribution in [-0.4, -0.2) is 38.2 Å². The van der Waals surface area contributed by atoms with Crippen LogP contribution in [0.3, 0.4) is 0 Å². The highest BCUT2D eigenvalue weighted by atomic mass is 16.5. The van der Waals surface area contributed by atoms with Gasteiger partial charge in [-0.05, 0) is 19.3 Å². The number of nitrogens with one attached hydrogen (secondary N) is 1. The van der Waals surface area contributed by atoms with E-state index in [0.717, 1.165) is 6.42 Å². The summed E-state index contributed by atoms with van der Waals surface area (Å²) in [6.07, 6.45) is 2.24. The van der Waals surface area contributed by atoms with Crippen molar-refractivity contribution in [1.29, 1.82) is 0 Å². The fourth-order valence-corrected chi connectivity index (χ4v) is 1.59. The van der Waals surface area contributed by atoms with Crippen LogP contribution in [0.15, 0.2) is 0 Å². The highest BCUT2D eigenvalue weighted by Crippen LogP contribution is 2.14. The van der Waals surface area contributed by atoms with Crippen molar-refractivity contribution < 1.29 is 19.1 Å². The Morgan fingerprint density at radius 2 is 1.50 bits per heavy atom.